The van der Waals surface area contributed by atoms with Gasteiger partial charge in [0.1, 0.15) is 0 Å². The van der Waals surface area contributed by atoms with E-state index in [1.54, 1.807) is 13.2 Å². The molecule has 78 valence electrons. The van der Waals surface area contributed by atoms with E-state index in [1.807, 2.05) is 19.2 Å². The lowest BCUT2D eigenvalue weighted by molar-refractivity contribution is 0.369. The van der Waals surface area contributed by atoms with Crippen LogP contribution < -0.4 is 10.1 Å². The van der Waals surface area contributed by atoms with Crippen LogP contribution in [0.3, 0.4) is 0 Å². The number of aryl methyl sites for hydroxylation is 1. The molecule has 0 bridgehead atoms. The average Bonchev–Trinajstić information content (AvgIpc) is 2.18. The molecule has 0 amide bonds. The first-order valence-corrected chi connectivity index (χ1v) is 4.79. The molecule has 3 heteroatoms. The summed E-state index contributed by atoms with van der Waals surface area (Å²) in [5.74, 6) is 0.818. The number of para-hydroxylation sites is 1. The van der Waals surface area contributed by atoms with Crippen LogP contribution in [0, 0.1) is 0 Å². The number of aromatic hydroxyl groups is 1. The zero-order chi connectivity index (χ0) is 10.4. The first-order valence-electron chi connectivity index (χ1n) is 4.79. The monoisotopic (exact) mass is 195 g/mol. The number of nitrogens with one attached hydrogen (secondary N) is 1. The van der Waals surface area contributed by atoms with Gasteiger partial charge in [-0.3, -0.25) is 0 Å². The third-order valence-electron chi connectivity index (χ3n) is 2.15. The first kappa shape index (κ1) is 10.9. The van der Waals surface area contributed by atoms with Crippen molar-refractivity contribution in [2.45, 2.75) is 12.8 Å². The van der Waals surface area contributed by atoms with E-state index in [4.69, 9.17) is 4.74 Å². The highest BCUT2D eigenvalue weighted by molar-refractivity contribution is 5.45. The van der Waals surface area contributed by atoms with Crippen molar-refractivity contribution in [3.8, 4) is 11.5 Å². The smallest absolute Gasteiger partial charge is 0.163 e. The molecule has 14 heavy (non-hydrogen) atoms. The summed E-state index contributed by atoms with van der Waals surface area (Å²) in [5, 5.41) is 12.6. The predicted molar refractivity (Wildman–Crippen MR) is 56.9 cm³/mol. The van der Waals surface area contributed by atoms with Crippen LogP contribution in [0.25, 0.3) is 0 Å². The fourth-order valence-electron chi connectivity index (χ4n) is 1.46. The van der Waals surface area contributed by atoms with Gasteiger partial charge in [-0.25, -0.2) is 0 Å². The van der Waals surface area contributed by atoms with Crippen molar-refractivity contribution in [3.05, 3.63) is 23.8 Å². The number of rotatable bonds is 5. The first-order chi connectivity index (χ1) is 6.79. The Morgan fingerprint density at radius 3 is 2.86 bits per heavy atom. The normalized spacial score (nSPS) is 10.1. The van der Waals surface area contributed by atoms with Crippen LogP contribution >= 0.6 is 0 Å². The highest BCUT2D eigenvalue weighted by Crippen LogP contribution is 2.30. The summed E-state index contributed by atoms with van der Waals surface area (Å²) >= 11 is 0. The van der Waals surface area contributed by atoms with Crippen molar-refractivity contribution in [2.75, 3.05) is 20.7 Å². The number of hydrogen-bond acceptors (Lipinski definition) is 3. The van der Waals surface area contributed by atoms with Gasteiger partial charge in [0, 0.05) is 0 Å². The maximum atomic E-state index is 9.51. The standard InChI is InChI=1S/C11H17NO2/c1-12-8-4-6-9-5-3-7-10(13)11(9)14-2/h3,5,7,12-13H,4,6,8H2,1-2H3. The third kappa shape index (κ3) is 2.64. The molecule has 1 rings (SSSR count). The van der Waals surface area contributed by atoms with Crippen molar-refractivity contribution < 1.29 is 9.84 Å². The van der Waals surface area contributed by atoms with Gasteiger partial charge in [0.25, 0.3) is 0 Å². The summed E-state index contributed by atoms with van der Waals surface area (Å²) in [5.41, 5.74) is 1.06. The molecule has 0 heterocycles. The fraction of sp³-hybridized carbons (Fsp3) is 0.455. The van der Waals surface area contributed by atoms with Gasteiger partial charge in [-0.15, -0.1) is 0 Å². The van der Waals surface area contributed by atoms with Crippen molar-refractivity contribution in [1.29, 1.82) is 0 Å². The molecule has 3 nitrogen and oxygen atoms in total. The van der Waals surface area contributed by atoms with Crippen molar-refractivity contribution in [2.24, 2.45) is 0 Å². The molecule has 1 aromatic rings. The SMILES string of the molecule is CNCCCc1cccc(O)c1OC. The molecular weight excluding hydrogens is 178 g/mol. The number of ether oxygens (including phenoxy) is 1. The van der Waals surface area contributed by atoms with Crippen molar-refractivity contribution in [3.63, 3.8) is 0 Å². The zero-order valence-corrected chi connectivity index (χ0v) is 8.71. The summed E-state index contributed by atoms with van der Waals surface area (Å²) < 4.78 is 5.14. The summed E-state index contributed by atoms with van der Waals surface area (Å²) in [6.45, 7) is 0.971. The van der Waals surface area contributed by atoms with Gasteiger partial charge in [-0.05, 0) is 38.1 Å². The lowest BCUT2D eigenvalue weighted by Crippen LogP contribution is -2.08. The van der Waals surface area contributed by atoms with Gasteiger partial charge in [0.15, 0.2) is 11.5 Å². The topological polar surface area (TPSA) is 41.5 Å². The minimum absolute atomic E-state index is 0.217. The second-order valence-corrected chi connectivity index (χ2v) is 3.18. The minimum Gasteiger partial charge on any atom is -0.504 e. The Hall–Kier alpha value is -1.22. The van der Waals surface area contributed by atoms with Gasteiger partial charge < -0.3 is 15.2 Å². The molecule has 0 saturated carbocycles. The quantitative estimate of drug-likeness (QED) is 0.700. The molecule has 0 aliphatic rings. The lowest BCUT2D eigenvalue weighted by atomic mass is 10.1. The molecule has 0 spiro atoms. The zero-order valence-electron chi connectivity index (χ0n) is 8.71. The molecular formula is C11H17NO2. The molecule has 0 fully saturated rings. The van der Waals surface area contributed by atoms with Crippen molar-refractivity contribution in [1.82, 2.24) is 5.32 Å². The number of phenols is 1. The molecule has 1 aromatic carbocycles. The number of phenolic OH excluding ortho intramolecular Hbond substituents is 1. The molecule has 2 N–H and O–H groups in total. The largest absolute Gasteiger partial charge is 0.504 e. The fourth-order valence-corrected chi connectivity index (χ4v) is 1.46. The molecule has 0 atom stereocenters. The number of benzene rings is 1. The summed E-state index contributed by atoms with van der Waals surface area (Å²) in [6, 6.07) is 5.46. The maximum absolute atomic E-state index is 9.51. The van der Waals surface area contributed by atoms with Crippen molar-refractivity contribution >= 4 is 0 Å². The van der Waals surface area contributed by atoms with E-state index in [0.29, 0.717) is 5.75 Å². The Balaban J connectivity index is 2.70. The molecule has 0 aromatic heterocycles. The summed E-state index contributed by atoms with van der Waals surface area (Å²) in [4.78, 5) is 0. The third-order valence-corrected chi connectivity index (χ3v) is 2.15. The second kappa shape index (κ2) is 5.50. The van der Waals surface area contributed by atoms with E-state index < -0.39 is 0 Å². The van der Waals surface area contributed by atoms with Crippen LogP contribution in [0.15, 0.2) is 18.2 Å². The van der Waals surface area contributed by atoms with Crippen LogP contribution in [-0.4, -0.2) is 25.8 Å². The van der Waals surface area contributed by atoms with E-state index in [-0.39, 0.29) is 5.75 Å². The van der Waals surface area contributed by atoms with Crippen LogP contribution in [0.1, 0.15) is 12.0 Å². The molecule has 0 aliphatic carbocycles. The van der Waals surface area contributed by atoms with E-state index in [9.17, 15) is 5.11 Å². The van der Waals surface area contributed by atoms with E-state index in [0.717, 1.165) is 24.9 Å². The lowest BCUT2D eigenvalue weighted by Gasteiger charge is -2.09. The van der Waals surface area contributed by atoms with Gasteiger partial charge in [-0.2, -0.15) is 0 Å². The molecule has 0 radical (unpaired) electrons. The Labute approximate surface area is 84.7 Å². The van der Waals surface area contributed by atoms with E-state index in [1.165, 1.54) is 0 Å². The maximum Gasteiger partial charge on any atom is 0.163 e. The average molecular weight is 195 g/mol. The summed E-state index contributed by atoms with van der Waals surface area (Å²) in [6.07, 6.45) is 1.95. The van der Waals surface area contributed by atoms with Crippen LogP contribution in [0.5, 0.6) is 11.5 Å². The molecule has 0 aliphatic heterocycles. The van der Waals surface area contributed by atoms with Crippen LogP contribution in [-0.2, 0) is 6.42 Å². The Bertz CT molecular complexity index is 287. The minimum atomic E-state index is 0.217. The Kier molecular flexibility index (Phi) is 4.26. The summed E-state index contributed by atoms with van der Waals surface area (Å²) in [7, 11) is 3.51. The number of methoxy groups -OCH3 is 1. The molecule has 0 unspecified atom stereocenters. The highest BCUT2D eigenvalue weighted by Gasteiger charge is 2.06. The van der Waals surface area contributed by atoms with Gasteiger partial charge in [0.2, 0.25) is 0 Å². The Morgan fingerprint density at radius 2 is 2.21 bits per heavy atom. The van der Waals surface area contributed by atoms with E-state index >= 15 is 0 Å². The van der Waals surface area contributed by atoms with Gasteiger partial charge in [-0.1, -0.05) is 12.1 Å². The van der Waals surface area contributed by atoms with E-state index in [2.05, 4.69) is 5.32 Å². The second-order valence-electron chi connectivity index (χ2n) is 3.18. The van der Waals surface area contributed by atoms with Gasteiger partial charge in [0.05, 0.1) is 7.11 Å². The number of hydrogen-bond donors (Lipinski definition) is 2. The highest BCUT2D eigenvalue weighted by atomic mass is 16.5. The predicted octanol–water partition coefficient (Wildman–Crippen LogP) is 1.55. The Morgan fingerprint density at radius 1 is 1.43 bits per heavy atom. The van der Waals surface area contributed by atoms with Crippen LogP contribution in [0.4, 0.5) is 0 Å². The van der Waals surface area contributed by atoms with Crippen LogP contribution in [0.2, 0.25) is 0 Å². The molecule has 0 saturated heterocycles. The van der Waals surface area contributed by atoms with Gasteiger partial charge >= 0.3 is 0 Å².